The second kappa shape index (κ2) is 5.36. The van der Waals surface area contributed by atoms with Crippen LogP contribution in [0.5, 0.6) is 0 Å². The van der Waals surface area contributed by atoms with Gasteiger partial charge in [0.2, 0.25) is 0 Å². The molecule has 0 spiro atoms. The zero-order valence-electron chi connectivity index (χ0n) is 10.3. The maximum absolute atomic E-state index is 12.0. The van der Waals surface area contributed by atoms with Crippen molar-refractivity contribution in [2.24, 2.45) is 19.8 Å². The minimum absolute atomic E-state index is 0. The van der Waals surface area contributed by atoms with Crippen molar-refractivity contribution in [2.45, 2.75) is 13.0 Å². The number of hydrogen-bond acceptors (Lipinski definition) is 4. The number of rotatable bonds is 3. The Hall–Kier alpha value is -1.60. The molecule has 0 saturated heterocycles. The van der Waals surface area contributed by atoms with Crippen LogP contribution >= 0.6 is 12.4 Å². The normalized spacial score (nSPS) is 10.6. The highest BCUT2D eigenvalue weighted by molar-refractivity contribution is 5.85. The average Bonchev–Trinajstić information content (AvgIpc) is 2.75. The molecule has 0 bridgehead atoms. The summed E-state index contributed by atoms with van der Waals surface area (Å²) in [4.78, 5) is 27.8. The lowest BCUT2D eigenvalue weighted by atomic mass is 10.4. The summed E-state index contributed by atoms with van der Waals surface area (Å²) in [5.41, 5.74) is 5.61. The first-order valence-electron chi connectivity index (χ1n) is 5.39. The molecule has 0 amide bonds. The number of nitrogens with zero attached hydrogens (tertiary/aromatic N) is 4. The molecule has 2 N–H and O–H groups in total. The lowest BCUT2D eigenvalue weighted by Gasteiger charge is -2.05. The van der Waals surface area contributed by atoms with Gasteiger partial charge >= 0.3 is 5.69 Å². The number of hydrogen-bond donors (Lipinski definition) is 1. The fourth-order valence-electron chi connectivity index (χ4n) is 1.83. The molecule has 0 fully saturated rings. The quantitative estimate of drug-likeness (QED) is 0.793. The van der Waals surface area contributed by atoms with Gasteiger partial charge in [0, 0.05) is 20.6 Å². The molecule has 0 aliphatic rings. The highest BCUT2D eigenvalue weighted by atomic mass is 35.5. The van der Waals surface area contributed by atoms with E-state index in [0.29, 0.717) is 24.3 Å². The molecule has 2 rings (SSSR count). The van der Waals surface area contributed by atoms with Crippen molar-refractivity contribution in [3.05, 3.63) is 27.2 Å². The van der Waals surface area contributed by atoms with E-state index in [1.165, 1.54) is 11.6 Å². The third-order valence-corrected chi connectivity index (χ3v) is 2.82. The van der Waals surface area contributed by atoms with Gasteiger partial charge in [-0.05, 0) is 13.0 Å². The smallest absolute Gasteiger partial charge is 0.330 e. The van der Waals surface area contributed by atoms with E-state index >= 15 is 0 Å². The molecule has 0 saturated carbocycles. The second-order valence-electron chi connectivity index (χ2n) is 3.96. The molecule has 2 aromatic rings. The van der Waals surface area contributed by atoms with Crippen molar-refractivity contribution in [3.8, 4) is 0 Å². The van der Waals surface area contributed by atoms with Crippen molar-refractivity contribution in [3.63, 3.8) is 0 Å². The van der Waals surface area contributed by atoms with Crippen molar-refractivity contribution in [2.75, 3.05) is 6.54 Å². The number of imidazole rings is 1. The van der Waals surface area contributed by atoms with E-state index in [1.54, 1.807) is 17.9 Å². The standard InChI is InChI=1S/C10H15N5O2.ClH/c1-13-8-7(9(16)14(2)10(13)17)15(6-12-8)5-3-4-11;/h6H,3-5,11H2,1-2H3;1H. The van der Waals surface area contributed by atoms with Gasteiger partial charge in [-0.25, -0.2) is 9.78 Å². The minimum Gasteiger partial charge on any atom is -0.330 e. The lowest BCUT2D eigenvalue weighted by Crippen LogP contribution is -2.37. The summed E-state index contributed by atoms with van der Waals surface area (Å²) in [6.45, 7) is 1.17. The van der Waals surface area contributed by atoms with Crippen molar-refractivity contribution >= 4 is 23.6 Å². The predicted octanol–water partition coefficient (Wildman–Crippen LogP) is -0.796. The van der Waals surface area contributed by atoms with Crippen LogP contribution in [0.2, 0.25) is 0 Å². The third kappa shape index (κ3) is 2.06. The van der Waals surface area contributed by atoms with Crippen LogP contribution in [0.4, 0.5) is 0 Å². The van der Waals surface area contributed by atoms with Crippen LogP contribution in [0.1, 0.15) is 6.42 Å². The topological polar surface area (TPSA) is 87.8 Å². The summed E-state index contributed by atoms with van der Waals surface area (Å²) in [5, 5.41) is 0. The maximum Gasteiger partial charge on any atom is 0.332 e. The molecule has 0 atom stereocenters. The van der Waals surface area contributed by atoms with Gasteiger partial charge in [0.15, 0.2) is 11.2 Å². The van der Waals surface area contributed by atoms with Crippen molar-refractivity contribution in [1.82, 2.24) is 18.7 Å². The zero-order valence-corrected chi connectivity index (χ0v) is 11.1. The molecule has 0 aliphatic carbocycles. The molecular weight excluding hydrogens is 258 g/mol. The van der Waals surface area contributed by atoms with Gasteiger partial charge in [-0.1, -0.05) is 0 Å². The number of aryl methyl sites for hydroxylation is 2. The Balaban J connectivity index is 0.00000162. The van der Waals surface area contributed by atoms with Gasteiger partial charge in [0.25, 0.3) is 5.56 Å². The van der Waals surface area contributed by atoms with Crippen molar-refractivity contribution in [1.29, 1.82) is 0 Å². The van der Waals surface area contributed by atoms with E-state index in [-0.39, 0.29) is 23.7 Å². The second-order valence-corrected chi connectivity index (χ2v) is 3.96. The summed E-state index contributed by atoms with van der Waals surface area (Å²) in [6, 6.07) is 0. The first-order chi connectivity index (χ1) is 8.07. The Morgan fingerprint density at radius 3 is 2.56 bits per heavy atom. The van der Waals surface area contributed by atoms with Crippen LogP contribution in [0.3, 0.4) is 0 Å². The number of aromatic nitrogens is 4. The number of fused-ring (bicyclic) bond motifs is 1. The minimum atomic E-state index is -0.369. The fraction of sp³-hybridized carbons (Fsp3) is 0.500. The summed E-state index contributed by atoms with van der Waals surface area (Å²) < 4.78 is 4.20. The Kier molecular flexibility index (Phi) is 4.31. The van der Waals surface area contributed by atoms with Crippen LogP contribution in [0, 0.1) is 0 Å². The molecule has 0 aromatic carbocycles. The lowest BCUT2D eigenvalue weighted by molar-refractivity contribution is 0.654. The van der Waals surface area contributed by atoms with Gasteiger partial charge in [0.1, 0.15) is 0 Å². The van der Waals surface area contributed by atoms with Gasteiger partial charge in [-0.2, -0.15) is 0 Å². The summed E-state index contributed by atoms with van der Waals surface area (Å²) in [6.07, 6.45) is 2.33. The first-order valence-corrected chi connectivity index (χ1v) is 5.39. The van der Waals surface area contributed by atoms with E-state index in [4.69, 9.17) is 5.73 Å². The molecular formula is C10H16ClN5O2. The number of nitrogens with two attached hydrogens (primary N) is 1. The largest absolute Gasteiger partial charge is 0.332 e. The van der Waals surface area contributed by atoms with E-state index < -0.39 is 0 Å². The van der Waals surface area contributed by atoms with E-state index in [0.717, 1.165) is 11.0 Å². The molecule has 100 valence electrons. The van der Waals surface area contributed by atoms with Gasteiger partial charge in [0.05, 0.1) is 6.33 Å². The Morgan fingerprint density at radius 2 is 1.94 bits per heavy atom. The van der Waals surface area contributed by atoms with Gasteiger partial charge in [-0.3, -0.25) is 13.9 Å². The number of halogens is 1. The molecule has 7 nitrogen and oxygen atoms in total. The average molecular weight is 274 g/mol. The maximum atomic E-state index is 12.0. The van der Waals surface area contributed by atoms with Crippen LogP contribution in [0.15, 0.2) is 15.9 Å². The monoisotopic (exact) mass is 273 g/mol. The first kappa shape index (κ1) is 14.5. The summed E-state index contributed by atoms with van der Waals surface area (Å²) in [7, 11) is 3.06. The van der Waals surface area contributed by atoms with Gasteiger partial charge < -0.3 is 10.3 Å². The summed E-state index contributed by atoms with van der Waals surface area (Å²) in [5.74, 6) is 0. The Bertz CT molecular complexity index is 669. The molecule has 0 aliphatic heterocycles. The molecule has 8 heteroatoms. The fourth-order valence-corrected chi connectivity index (χ4v) is 1.83. The Labute approximate surface area is 109 Å². The molecule has 0 radical (unpaired) electrons. The zero-order chi connectivity index (χ0) is 12.6. The van der Waals surface area contributed by atoms with Crippen LogP contribution in [-0.2, 0) is 20.6 Å². The predicted molar refractivity (Wildman–Crippen MR) is 71.1 cm³/mol. The summed E-state index contributed by atoms with van der Waals surface area (Å²) >= 11 is 0. The van der Waals surface area contributed by atoms with Crippen LogP contribution in [0.25, 0.3) is 11.2 Å². The highest BCUT2D eigenvalue weighted by Gasteiger charge is 2.13. The molecule has 2 aromatic heterocycles. The van der Waals surface area contributed by atoms with E-state index in [2.05, 4.69) is 4.98 Å². The van der Waals surface area contributed by atoms with Crippen molar-refractivity contribution < 1.29 is 0 Å². The molecule has 2 heterocycles. The highest BCUT2D eigenvalue weighted by Crippen LogP contribution is 2.05. The van der Waals surface area contributed by atoms with E-state index in [1.807, 2.05) is 0 Å². The Morgan fingerprint density at radius 1 is 1.28 bits per heavy atom. The SMILES string of the molecule is Cl.Cn1c(=O)c2c(ncn2CCCN)n(C)c1=O. The molecule has 0 unspecified atom stereocenters. The molecule has 18 heavy (non-hydrogen) atoms. The van der Waals surface area contributed by atoms with E-state index in [9.17, 15) is 9.59 Å². The van der Waals surface area contributed by atoms with Crippen LogP contribution in [-0.4, -0.2) is 25.2 Å². The van der Waals surface area contributed by atoms with Crippen LogP contribution < -0.4 is 17.0 Å². The van der Waals surface area contributed by atoms with Gasteiger partial charge in [-0.15, -0.1) is 12.4 Å². The third-order valence-electron chi connectivity index (χ3n) is 2.82.